The molecule has 0 aliphatic heterocycles. The first kappa shape index (κ1) is 16.4. The van der Waals surface area contributed by atoms with Crippen LogP contribution in [0, 0.1) is 5.92 Å². The lowest BCUT2D eigenvalue weighted by atomic mass is 9.86. The SMILES string of the molecule is NC1CCCC(C(=O)Nc2nnc(SCc3ccccc3)s2)C1. The molecule has 1 saturated carbocycles. The van der Waals surface area contributed by atoms with Gasteiger partial charge in [0.25, 0.3) is 0 Å². The van der Waals surface area contributed by atoms with Crippen LogP contribution in [0.25, 0.3) is 0 Å². The third-order valence-electron chi connectivity index (χ3n) is 3.93. The van der Waals surface area contributed by atoms with E-state index in [9.17, 15) is 4.79 Å². The molecular formula is C16H20N4OS2. The van der Waals surface area contributed by atoms with Crippen LogP contribution in [0.3, 0.4) is 0 Å². The van der Waals surface area contributed by atoms with Gasteiger partial charge in [0, 0.05) is 17.7 Å². The summed E-state index contributed by atoms with van der Waals surface area (Å²) in [5.41, 5.74) is 7.19. The van der Waals surface area contributed by atoms with Gasteiger partial charge >= 0.3 is 0 Å². The molecule has 3 rings (SSSR count). The predicted octanol–water partition coefficient (Wildman–Crippen LogP) is 3.29. The fourth-order valence-electron chi connectivity index (χ4n) is 2.71. The van der Waals surface area contributed by atoms with E-state index >= 15 is 0 Å². The van der Waals surface area contributed by atoms with Crippen LogP contribution in [0.15, 0.2) is 34.7 Å². The molecule has 1 fully saturated rings. The van der Waals surface area contributed by atoms with E-state index in [1.165, 1.54) is 16.9 Å². The standard InChI is InChI=1S/C16H20N4OS2/c17-13-8-4-7-12(9-13)14(21)18-15-19-20-16(23-15)22-10-11-5-2-1-3-6-11/h1-3,5-6,12-13H,4,7-10,17H2,(H,18,19,21). The van der Waals surface area contributed by atoms with Crippen LogP contribution in [0.4, 0.5) is 5.13 Å². The van der Waals surface area contributed by atoms with Crippen molar-refractivity contribution in [1.82, 2.24) is 10.2 Å². The molecule has 0 saturated heterocycles. The maximum atomic E-state index is 12.3. The maximum absolute atomic E-state index is 12.3. The number of amides is 1. The second-order valence-electron chi connectivity index (χ2n) is 5.76. The Morgan fingerprint density at radius 1 is 1.30 bits per heavy atom. The molecule has 5 nitrogen and oxygen atoms in total. The van der Waals surface area contributed by atoms with Gasteiger partial charge in [0.05, 0.1) is 0 Å². The van der Waals surface area contributed by atoms with E-state index < -0.39 is 0 Å². The van der Waals surface area contributed by atoms with Crippen LogP contribution in [0.1, 0.15) is 31.2 Å². The normalized spacial score (nSPS) is 21.1. The van der Waals surface area contributed by atoms with E-state index in [2.05, 4.69) is 27.6 Å². The third kappa shape index (κ3) is 4.76. The van der Waals surface area contributed by atoms with Crippen LogP contribution in [-0.2, 0) is 10.5 Å². The van der Waals surface area contributed by atoms with Crippen molar-refractivity contribution in [3.05, 3.63) is 35.9 Å². The number of hydrogen-bond acceptors (Lipinski definition) is 6. The molecule has 7 heteroatoms. The average Bonchev–Trinajstić information content (AvgIpc) is 3.01. The van der Waals surface area contributed by atoms with E-state index in [0.29, 0.717) is 5.13 Å². The van der Waals surface area contributed by atoms with Crippen LogP contribution in [-0.4, -0.2) is 22.1 Å². The van der Waals surface area contributed by atoms with Gasteiger partial charge in [-0.3, -0.25) is 4.79 Å². The molecule has 1 aliphatic carbocycles. The fraction of sp³-hybridized carbons (Fsp3) is 0.438. The molecule has 2 atom stereocenters. The highest BCUT2D eigenvalue weighted by Crippen LogP contribution is 2.29. The van der Waals surface area contributed by atoms with Gasteiger partial charge in [0.1, 0.15) is 0 Å². The first-order valence-corrected chi connectivity index (χ1v) is 9.57. The summed E-state index contributed by atoms with van der Waals surface area (Å²) in [6.07, 6.45) is 3.71. The Labute approximate surface area is 144 Å². The summed E-state index contributed by atoms with van der Waals surface area (Å²) in [5.74, 6) is 0.875. The number of rotatable bonds is 5. The summed E-state index contributed by atoms with van der Waals surface area (Å²) >= 11 is 3.05. The fourth-order valence-corrected chi connectivity index (χ4v) is 4.42. The lowest BCUT2D eigenvalue weighted by Gasteiger charge is -2.25. The predicted molar refractivity (Wildman–Crippen MR) is 94.5 cm³/mol. The van der Waals surface area contributed by atoms with Gasteiger partial charge < -0.3 is 11.1 Å². The molecule has 122 valence electrons. The lowest BCUT2D eigenvalue weighted by Crippen LogP contribution is -2.34. The second kappa shape index (κ2) is 7.90. The van der Waals surface area contributed by atoms with Gasteiger partial charge in [0.15, 0.2) is 4.34 Å². The third-order valence-corrected chi connectivity index (χ3v) is 5.97. The first-order chi connectivity index (χ1) is 11.2. The summed E-state index contributed by atoms with van der Waals surface area (Å²) in [6, 6.07) is 10.4. The Bertz CT molecular complexity index is 647. The Morgan fingerprint density at radius 3 is 2.91 bits per heavy atom. The molecule has 0 radical (unpaired) electrons. The van der Waals surface area contributed by atoms with Crippen molar-refractivity contribution in [2.24, 2.45) is 11.7 Å². The number of hydrogen-bond donors (Lipinski definition) is 2. The molecule has 1 aromatic heterocycles. The summed E-state index contributed by atoms with van der Waals surface area (Å²) in [5, 5.41) is 11.7. The minimum absolute atomic E-state index is 0.00284. The number of nitrogens with zero attached hydrogens (tertiary/aromatic N) is 2. The van der Waals surface area contributed by atoms with Crippen LogP contribution < -0.4 is 11.1 Å². The maximum Gasteiger partial charge on any atom is 0.229 e. The van der Waals surface area contributed by atoms with E-state index in [-0.39, 0.29) is 17.9 Å². The van der Waals surface area contributed by atoms with Gasteiger partial charge in [-0.25, -0.2) is 0 Å². The van der Waals surface area contributed by atoms with E-state index in [0.717, 1.165) is 35.8 Å². The summed E-state index contributed by atoms with van der Waals surface area (Å²) in [6.45, 7) is 0. The van der Waals surface area contributed by atoms with Crippen LogP contribution in [0.2, 0.25) is 0 Å². The Morgan fingerprint density at radius 2 is 2.13 bits per heavy atom. The molecule has 0 spiro atoms. The minimum atomic E-state index is 0.00284. The number of nitrogens with one attached hydrogen (secondary N) is 1. The number of anilines is 1. The molecule has 1 aliphatic rings. The van der Waals surface area contributed by atoms with Crippen molar-refractivity contribution < 1.29 is 4.79 Å². The first-order valence-electron chi connectivity index (χ1n) is 7.77. The molecule has 1 heterocycles. The van der Waals surface area contributed by atoms with Gasteiger partial charge in [-0.1, -0.05) is 59.9 Å². The molecule has 1 amide bonds. The van der Waals surface area contributed by atoms with Gasteiger partial charge in [-0.2, -0.15) is 0 Å². The highest BCUT2D eigenvalue weighted by Gasteiger charge is 2.26. The summed E-state index contributed by atoms with van der Waals surface area (Å²) in [7, 11) is 0. The molecule has 2 unspecified atom stereocenters. The number of nitrogens with two attached hydrogens (primary N) is 1. The van der Waals surface area contributed by atoms with Crippen molar-refractivity contribution in [3.63, 3.8) is 0 Å². The number of benzene rings is 1. The monoisotopic (exact) mass is 348 g/mol. The summed E-state index contributed by atoms with van der Waals surface area (Å²) in [4.78, 5) is 12.3. The lowest BCUT2D eigenvalue weighted by molar-refractivity contribution is -0.120. The van der Waals surface area contributed by atoms with Gasteiger partial charge in [-0.15, -0.1) is 10.2 Å². The minimum Gasteiger partial charge on any atom is -0.328 e. The smallest absolute Gasteiger partial charge is 0.229 e. The van der Waals surface area contributed by atoms with E-state index in [4.69, 9.17) is 5.73 Å². The van der Waals surface area contributed by atoms with Gasteiger partial charge in [-0.05, 0) is 24.8 Å². The topological polar surface area (TPSA) is 80.9 Å². The van der Waals surface area contributed by atoms with Crippen molar-refractivity contribution in [3.8, 4) is 0 Å². The number of thioether (sulfide) groups is 1. The van der Waals surface area contributed by atoms with Crippen molar-refractivity contribution >= 4 is 34.1 Å². The number of carbonyl (C=O) groups is 1. The van der Waals surface area contributed by atoms with Crippen molar-refractivity contribution in [2.75, 3.05) is 5.32 Å². The quantitative estimate of drug-likeness (QED) is 0.640. The largest absolute Gasteiger partial charge is 0.328 e. The second-order valence-corrected chi connectivity index (χ2v) is 7.96. The molecule has 0 bridgehead atoms. The Balaban J connectivity index is 1.51. The zero-order valence-electron chi connectivity index (χ0n) is 12.8. The zero-order chi connectivity index (χ0) is 16.1. The number of carbonyl (C=O) groups excluding carboxylic acids is 1. The molecule has 23 heavy (non-hydrogen) atoms. The highest BCUT2D eigenvalue weighted by molar-refractivity contribution is 8.00. The highest BCUT2D eigenvalue weighted by atomic mass is 32.2. The van der Waals surface area contributed by atoms with Gasteiger partial charge in [0.2, 0.25) is 11.0 Å². The van der Waals surface area contributed by atoms with Crippen molar-refractivity contribution in [2.45, 2.75) is 41.8 Å². The average molecular weight is 348 g/mol. The summed E-state index contributed by atoms with van der Waals surface area (Å²) < 4.78 is 0.865. The van der Waals surface area contributed by atoms with E-state index in [1.54, 1.807) is 11.8 Å². The zero-order valence-corrected chi connectivity index (χ0v) is 14.4. The number of aromatic nitrogens is 2. The molecule has 3 N–H and O–H groups in total. The van der Waals surface area contributed by atoms with Crippen LogP contribution >= 0.6 is 23.1 Å². The molecule has 1 aromatic carbocycles. The van der Waals surface area contributed by atoms with Crippen LogP contribution in [0.5, 0.6) is 0 Å². The molecular weight excluding hydrogens is 328 g/mol. The Hall–Kier alpha value is -1.44. The Kier molecular flexibility index (Phi) is 5.64. The van der Waals surface area contributed by atoms with Crippen molar-refractivity contribution in [1.29, 1.82) is 0 Å². The molecule has 2 aromatic rings. The van der Waals surface area contributed by atoms with E-state index in [1.807, 2.05) is 18.2 Å².